The molecule has 5 rings (SSSR count). The van der Waals surface area contributed by atoms with Crippen molar-refractivity contribution < 1.29 is 5.11 Å². The summed E-state index contributed by atoms with van der Waals surface area (Å²) in [6.45, 7) is 2.29. The zero-order valence-electron chi connectivity index (χ0n) is 16.9. The molecule has 2 aliphatic rings. The van der Waals surface area contributed by atoms with E-state index in [2.05, 4.69) is 71.6 Å². The zero-order chi connectivity index (χ0) is 19.7. The number of hydrogen-bond donors (Lipinski definition) is 1. The van der Waals surface area contributed by atoms with Crippen molar-refractivity contribution in [2.75, 3.05) is 13.1 Å². The molecule has 1 N–H and O–H groups in total. The predicted molar refractivity (Wildman–Crippen MR) is 118 cm³/mol. The van der Waals surface area contributed by atoms with Crippen LogP contribution >= 0.6 is 0 Å². The van der Waals surface area contributed by atoms with Crippen molar-refractivity contribution in [3.63, 3.8) is 0 Å². The van der Waals surface area contributed by atoms with Gasteiger partial charge in [0.15, 0.2) is 0 Å². The molecule has 0 saturated carbocycles. The van der Waals surface area contributed by atoms with Crippen LogP contribution in [0.25, 0.3) is 0 Å². The van der Waals surface area contributed by atoms with Crippen LogP contribution < -0.4 is 0 Å². The first kappa shape index (κ1) is 18.4. The molecule has 2 unspecified atom stereocenters. The maximum atomic E-state index is 10.2. The molecule has 1 aliphatic carbocycles. The van der Waals surface area contributed by atoms with Gasteiger partial charge in [0.2, 0.25) is 0 Å². The second kappa shape index (κ2) is 7.68. The number of fused-ring (bicyclic) bond motifs is 4. The largest absolute Gasteiger partial charge is 0.508 e. The SMILES string of the molecule is Oc1ccc2c(c1)C1(c3ccccc3)CCN(CCCc3ccccc3)C(C2)C1. The van der Waals surface area contributed by atoms with Crippen LogP contribution in [0.5, 0.6) is 5.75 Å². The van der Waals surface area contributed by atoms with Gasteiger partial charge >= 0.3 is 0 Å². The van der Waals surface area contributed by atoms with Crippen molar-refractivity contribution in [2.45, 2.75) is 43.6 Å². The number of phenolic OH excluding ortho intramolecular Hbond substituents is 1. The Morgan fingerprint density at radius 1 is 0.931 bits per heavy atom. The molecule has 0 spiro atoms. The van der Waals surface area contributed by atoms with Gasteiger partial charge in [-0.05, 0) is 79.6 Å². The minimum absolute atomic E-state index is 0.0359. The minimum Gasteiger partial charge on any atom is -0.508 e. The van der Waals surface area contributed by atoms with E-state index >= 15 is 0 Å². The summed E-state index contributed by atoms with van der Waals surface area (Å²) in [5.41, 5.74) is 5.64. The molecule has 0 aromatic heterocycles. The van der Waals surface area contributed by atoms with Crippen molar-refractivity contribution in [1.82, 2.24) is 4.90 Å². The number of aryl methyl sites for hydroxylation is 1. The number of likely N-dealkylation sites (tertiary alicyclic amines) is 1. The van der Waals surface area contributed by atoms with E-state index in [1.807, 2.05) is 12.1 Å². The summed E-state index contributed by atoms with van der Waals surface area (Å²) in [6.07, 6.45) is 5.73. The molecule has 29 heavy (non-hydrogen) atoms. The van der Waals surface area contributed by atoms with Crippen molar-refractivity contribution in [3.8, 4) is 5.75 Å². The number of nitrogens with zero attached hydrogens (tertiary/aromatic N) is 1. The monoisotopic (exact) mass is 383 g/mol. The smallest absolute Gasteiger partial charge is 0.115 e. The van der Waals surface area contributed by atoms with Crippen LogP contribution in [0.2, 0.25) is 0 Å². The number of phenols is 1. The number of piperidine rings is 1. The fourth-order valence-corrected chi connectivity index (χ4v) is 5.64. The van der Waals surface area contributed by atoms with Crippen LogP contribution in [0.1, 0.15) is 41.5 Å². The van der Waals surface area contributed by atoms with E-state index in [0.717, 1.165) is 38.8 Å². The van der Waals surface area contributed by atoms with Gasteiger partial charge in [0, 0.05) is 11.5 Å². The van der Waals surface area contributed by atoms with Gasteiger partial charge in [-0.25, -0.2) is 0 Å². The van der Waals surface area contributed by atoms with Crippen molar-refractivity contribution in [2.24, 2.45) is 0 Å². The van der Waals surface area contributed by atoms with Gasteiger partial charge in [0.05, 0.1) is 0 Å². The quantitative estimate of drug-likeness (QED) is 0.643. The van der Waals surface area contributed by atoms with Gasteiger partial charge in [-0.15, -0.1) is 0 Å². The standard InChI is InChI=1S/C27H29NO/c29-25-14-13-22-18-24-20-27(26(22)19-25,23-11-5-2-6-12-23)15-17-28(24)16-7-10-21-8-3-1-4-9-21/h1-6,8-9,11-14,19,24,29H,7,10,15-18,20H2. The molecule has 1 heterocycles. The van der Waals surface area contributed by atoms with Crippen LogP contribution in [-0.2, 0) is 18.3 Å². The van der Waals surface area contributed by atoms with E-state index in [0.29, 0.717) is 11.8 Å². The molecule has 0 amide bonds. The highest BCUT2D eigenvalue weighted by atomic mass is 16.3. The third-order valence-corrected chi connectivity index (χ3v) is 7.07. The summed E-state index contributed by atoms with van der Waals surface area (Å²) in [5.74, 6) is 0.391. The highest BCUT2D eigenvalue weighted by Gasteiger charge is 2.46. The Hall–Kier alpha value is -2.58. The third-order valence-electron chi connectivity index (χ3n) is 7.07. The fourth-order valence-electron chi connectivity index (χ4n) is 5.64. The van der Waals surface area contributed by atoms with Crippen LogP contribution in [0, 0.1) is 0 Å². The lowest BCUT2D eigenvalue weighted by molar-refractivity contribution is 0.0947. The minimum atomic E-state index is 0.0359. The molecule has 2 heteroatoms. The number of aromatic hydroxyl groups is 1. The molecule has 0 radical (unpaired) electrons. The van der Waals surface area contributed by atoms with Gasteiger partial charge in [-0.1, -0.05) is 66.7 Å². The summed E-state index contributed by atoms with van der Waals surface area (Å²) in [6, 6.07) is 28.4. The molecular formula is C27H29NO. The lowest BCUT2D eigenvalue weighted by Gasteiger charge is -2.52. The normalized spacial score (nSPS) is 23.5. The fraction of sp³-hybridized carbons (Fsp3) is 0.333. The molecule has 3 aromatic carbocycles. The van der Waals surface area contributed by atoms with Crippen LogP contribution in [-0.4, -0.2) is 29.1 Å². The topological polar surface area (TPSA) is 23.5 Å². The number of hydrogen-bond acceptors (Lipinski definition) is 2. The van der Waals surface area contributed by atoms with Gasteiger partial charge < -0.3 is 5.11 Å². The Labute approximate surface area is 173 Å². The van der Waals surface area contributed by atoms with Crippen molar-refractivity contribution >= 4 is 0 Å². The van der Waals surface area contributed by atoms with E-state index < -0.39 is 0 Å². The second-order valence-electron chi connectivity index (χ2n) is 8.73. The van der Waals surface area contributed by atoms with Crippen LogP contribution in [0.4, 0.5) is 0 Å². The first-order valence-corrected chi connectivity index (χ1v) is 10.9. The average Bonchev–Trinajstić information content (AvgIpc) is 2.77. The van der Waals surface area contributed by atoms with E-state index in [1.165, 1.54) is 28.7 Å². The molecule has 3 aromatic rings. The first-order valence-electron chi connectivity index (χ1n) is 10.9. The predicted octanol–water partition coefficient (Wildman–Crippen LogP) is 5.33. The summed E-state index contributed by atoms with van der Waals surface area (Å²) in [4.78, 5) is 2.72. The molecule has 148 valence electrons. The summed E-state index contributed by atoms with van der Waals surface area (Å²) in [7, 11) is 0. The van der Waals surface area contributed by atoms with Gasteiger partial charge in [0.25, 0.3) is 0 Å². The van der Waals surface area contributed by atoms with Crippen molar-refractivity contribution in [1.29, 1.82) is 0 Å². The lowest BCUT2D eigenvalue weighted by atomic mass is 9.60. The lowest BCUT2D eigenvalue weighted by Crippen LogP contribution is -2.53. The van der Waals surface area contributed by atoms with E-state index in [1.54, 1.807) is 0 Å². The van der Waals surface area contributed by atoms with Gasteiger partial charge in [-0.2, -0.15) is 0 Å². The zero-order valence-corrected chi connectivity index (χ0v) is 16.9. The number of benzene rings is 3. The Bertz CT molecular complexity index is 968. The average molecular weight is 384 g/mol. The Balaban J connectivity index is 1.40. The molecule has 1 aliphatic heterocycles. The van der Waals surface area contributed by atoms with Crippen LogP contribution in [0.3, 0.4) is 0 Å². The molecule has 1 fully saturated rings. The summed E-state index contributed by atoms with van der Waals surface area (Å²) < 4.78 is 0. The molecule has 2 nitrogen and oxygen atoms in total. The number of rotatable bonds is 5. The first-order chi connectivity index (χ1) is 14.2. The Morgan fingerprint density at radius 2 is 1.69 bits per heavy atom. The Morgan fingerprint density at radius 3 is 2.48 bits per heavy atom. The summed E-state index contributed by atoms with van der Waals surface area (Å²) in [5, 5.41) is 10.2. The Kier molecular flexibility index (Phi) is 4.89. The maximum Gasteiger partial charge on any atom is 0.115 e. The van der Waals surface area contributed by atoms with E-state index in [9.17, 15) is 5.11 Å². The van der Waals surface area contributed by atoms with Gasteiger partial charge in [-0.3, -0.25) is 4.90 Å². The van der Waals surface area contributed by atoms with Gasteiger partial charge in [0.1, 0.15) is 5.75 Å². The molecule has 2 atom stereocenters. The highest BCUT2D eigenvalue weighted by molar-refractivity contribution is 5.50. The van der Waals surface area contributed by atoms with E-state index in [4.69, 9.17) is 0 Å². The molecule has 1 saturated heterocycles. The molecule has 2 bridgehead atoms. The highest BCUT2D eigenvalue weighted by Crippen LogP contribution is 2.49. The van der Waals surface area contributed by atoms with E-state index in [-0.39, 0.29) is 5.41 Å². The van der Waals surface area contributed by atoms with Crippen LogP contribution in [0.15, 0.2) is 78.9 Å². The third kappa shape index (κ3) is 3.47. The van der Waals surface area contributed by atoms with Crippen molar-refractivity contribution in [3.05, 3.63) is 101 Å². The second-order valence-corrected chi connectivity index (χ2v) is 8.73. The summed E-state index contributed by atoms with van der Waals surface area (Å²) >= 11 is 0. The molecular weight excluding hydrogens is 354 g/mol. The maximum absolute atomic E-state index is 10.2.